The van der Waals surface area contributed by atoms with Crippen molar-refractivity contribution < 1.29 is 4.74 Å². The molecule has 0 aromatic carbocycles. The van der Waals surface area contributed by atoms with Gasteiger partial charge in [0.1, 0.15) is 10.2 Å². The van der Waals surface area contributed by atoms with Crippen molar-refractivity contribution >= 4 is 44.7 Å². The molecular formula is C9H8BrClN4OS. The molecule has 0 unspecified atom stereocenters. The van der Waals surface area contributed by atoms with Crippen LogP contribution in [-0.4, -0.2) is 22.1 Å². The van der Waals surface area contributed by atoms with Crippen molar-refractivity contribution in [2.75, 3.05) is 12.8 Å². The summed E-state index contributed by atoms with van der Waals surface area (Å²) >= 11 is 10.4. The Bertz CT molecular complexity index is 548. The van der Waals surface area contributed by atoms with Crippen LogP contribution in [0, 0.1) is 0 Å². The predicted octanol–water partition coefficient (Wildman–Crippen LogP) is 2.74. The van der Waals surface area contributed by atoms with Crippen molar-refractivity contribution in [3.63, 3.8) is 0 Å². The minimum absolute atomic E-state index is 0.347. The molecule has 2 heterocycles. The molecule has 17 heavy (non-hydrogen) atoms. The summed E-state index contributed by atoms with van der Waals surface area (Å²) in [4.78, 5) is 12.6. The fraction of sp³-hybridized carbons (Fsp3) is 0.222. The molecule has 8 heteroatoms. The SMILES string of the molecule is COCc1nc(-c2ncc(Cl)s2)nc(N)c1Br. The van der Waals surface area contributed by atoms with Gasteiger partial charge < -0.3 is 10.5 Å². The number of halogens is 2. The summed E-state index contributed by atoms with van der Waals surface area (Å²) in [5, 5.41) is 0.631. The first-order valence-corrected chi connectivity index (χ1v) is 6.53. The Morgan fingerprint density at radius 3 is 2.88 bits per heavy atom. The quantitative estimate of drug-likeness (QED) is 0.933. The van der Waals surface area contributed by atoms with Gasteiger partial charge in [0.15, 0.2) is 10.8 Å². The van der Waals surface area contributed by atoms with Crippen LogP contribution in [0.3, 0.4) is 0 Å². The lowest BCUT2D eigenvalue weighted by Gasteiger charge is -2.06. The minimum Gasteiger partial charge on any atom is -0.383 e. The number of nitrogens with zero attached hydrogens (tertiary/aromatic N) is 3. The van der Waals surface area contributed by atoms with Crippen LogP contribution in [-0.2, 0) is 11.3 Å². The number of ether oxygens (including phenoxy) is 1. The third-order valence-electron chi connectivity index (χ3n) is 1.90. The Balaban J connectivity index is 2.48. The van der Waals surface area contributed by atoms with E-state index in [4.69, 9.17) is 22.1 Å². The van der Waals surface area contributed by atoms with Crippen LogP contribution >= 0.6 is 38.9 Å². The van der Waals surface area contributed by atoms with Gasteiger partial charge in [-0.25, -0.2) is 15.0 Å². The van der Waals surface area contributed by atoms with E-state index in [0.29, 0.717) is 37.8 Å². The third kappa shape index (κ3) is 2.74. The van der Waals surface area contributed by atoms with Crippen LogP contribution in [0.2, 0.25) is 4.34 Å². The molecule has 0 radical (unpaired) electrons. The van der Waals surface area contributed by atoms with Gasteiger partial charge in [-0.1, -0.05) is 22.9 Å². The number of methoxy groups -OCH3 is 1. The van der Waals surface area contributed by atoms with E-state index in [9.17, 15) is 0 Å². The highest BCUT2D eigenvalue weighted by atomic mass is 79.9. The molecule has 0 saturated heterocycles. The Labute approximate surface area is 115 Å². The number of anilines is 1. The third-order valence-corrected chi connectivity index (χ3v) is 3.87. The molecule has 2 rings (SSSR count). The first-order chi connectivity index (χ1) is 8.11. The van der Waals surface area contributed by atoms with E-state index >= 15 is 0 Å². The van der Waals surface area contributed by atoms with E-state index in [2.05, 4.69) is 30.9 Å². The smallest absolute Gasteiger partial charge is 0.191 e. The summed E-state index contributed by atoms with van der Waals surface area (Å²) in [6, 6.07) is 0. The number of nitrogens with two attached hydrogens (primary N) is 1. The maximum atomic E-state index is 5.82. The zero-order valence-corrected chi connectivity index (χ0v) is 11.9. The molecule has 0 bridgehead atoms. The highest BCUT2D eigenvalue weighted by molar-refractivity contribution is 9.10. The molecule has 2 aromatic heterocycles. The van der Waals surface area contributed by atoms with Gasteiger partial charge in [-0.15, -0.1) is 0 Å². The Morgan fingerprint density at radius 1 is 1.53 bits per heavy atom. The second-order valence-corrected chi connectivity index (χ2v) is 5.55. The number of nitrogen functional groups attached to an aromatic ring is 1. The number of rotatable bonds is 3. The van der Waals surface area contributed by atoms with Crippen LogP contribution < -0.4 is 5.73 Å². The Morgan fingerprint density at radius 2 is 2.29 bits per heavy atom. The summed E-state index contributed by atoms with van der Waals surface area (Å²) in [6.45, 7) is 0.347. The molecule has 0 atom stereocenters. The molecule has 2 N–H and O–H groups in total. The van der Waals surface area contributed by atoms with Crippen molar-refractivity contribution in [3.8, 4) is 10.8 Å². The summed E-state index contributed by atoms with van der Waals surface area (Å²) in [5.41, 5.74) is 6.47. The van der Waals surface area contributed by atoms with Crippen LogP contribution in [0.15, 0.2) is 10.7 Å². The summed E-state index contributed by atoms with van der Waals surface area (Å²) in [6.07, 6.45) is 1.55. The Hall–Kier alpha value is -0.760. The lowest BCUT2D eigenvalue weighted by Crippen LogP contribution is -2.03. The van der Waals surface area contributed by atoms with E-state index in [1.54, 1.807) is 13.3 Å². The van der Waals surface area contributed by atoms with Gasteiger partial charge in [0.2, 0.25) is 0 Å². The predicted molar refractivity (Wildman–Crippen MR) is 71.0 cm³/mol. The first kappa shape index (κ1) is 12.7. The number of aromatic nitrogens is 3. The van der Waals surface area contributed by atoms with Gasteiger partial charge in [-0.05, 0) is 15.9 Å². The molecule has 0 saturated carbocycles. The van der Waals surface area contributed by atoms with Crippen LogP contribution in [0.25, 0.3) is 10.8 Å². The molecule has 0 fully saturated rings. The standard InChI is InChI=1S/C9H8BrClN4OS/c1-16-3-4-6(10)7(12)15-8(14-4)9-13-2-5(11)17-9/h2H,3H2,1H3,(H2,12,14,15). The van der Waals surface area contributed by atoms with Crippen LogP contribution in [0.5, 0.6) is 0 Å². The van der Waals surface area contributed by atoms with E-state index in [-0.39, 0.29) is 0 Å². The summed E-state index contributed by atoms with van der Waals surface area (Å²) in [5.74, 6) is 0.808. The maximum Gasteiger partial charge on any atom is 0.191 e. The molecule has 0 aliphatic heterocycles. The highest BCUT2D eigenvalue weighted by Crippen LogP contribution is 2.29. The van der Waals surface area contributed by atoms with Gasteiger partial charge in [-0.3, -0.25) is 0 Å². The number of hydrogen-bond acceptors (Lipinski definition) is 6. The van der Waals surface area contributed by atoms with E-state index in [1.807, 2.05) is 0 Å². The van der Waals surface area contributed by atoms with Crippen molar-refractivity contribution in [2.45, 2.75) is 6.61 Å². The molecule has 90 valence electrons. The fourth-order valence-corrected chi connectivity index (χ4v) is 2.34. The number of thiazole rings is 1. The summed E-state index contributed by atoms with van der Waals surface area (Å²) < 4.78 is 6.27. The molecule has 2 aromatic rings. The average molecular weight is 336 g/mol. The van der Waals surface area contributed by atoms with Crippen molar-refractivity contribution in [3.05, 3.63) is 20.7 Å². The second kappa shape index (κ2) is 5.26. The fourth-order valence-electron chi connectivity index (χ4n) is 1.20. The molecule has 0 aliphatic rings. The van der Waals surface area contributed by atoms with Gasteiger partial charge in [0.05, 0.1) is 23.0 Å². The van der Waals surface area contributed by atoms with Gasteiger partial charge >= 0.3 is 0 Å². The monoisotopic (exact) mass is 334 g/mol. The van der Waals surface area contributed by atoms with Crippen LogP contribution in [0.4, 0.5) is 5.82 Å². The minimum atomic E-state index is 0.347. The Kier molecular flexibility index (Phi) is 3.93. The normalized spacial score (nSPS) is 10.8. The largest absolute Gasteiger partial charge is 0.383 e. The molecule has 0 spiro atoms. The van der Waals surface area contributed by atoms with Gasteiger partial charge in [0.25, 0.3) is 0 Å². The van der Waals surface area contributed by atoms with Crippen molar-refractivity contribution in [1.82, 2.24) is 15.0 Å². The molecule has 0 aliphatic carbocycles. The molecule has 5 nitrogen and oxygen atoms in total. The van der Waals surface area contributed by atoms with Crippen molar-refractivity contribution in [1.29, 1.82) is 0 Å². The van der Waals surface area contributed by atoms with E-state index < -0.39 is 0 Å². The summed E-state index contributed by atoms with van der Waals surface area (Å²) in [7, 11) is 1.59. The van der Waals surface area contributed by atoms with Crippen molar-refractivity contribution in [2.24, 2.45) is 0 Å². The molecular weight excluding hydrogens is 328 g/mol. The van der Waals surface area contributed by atoms with E-state index in [0.717, 1.165) is 0 Å². The highest BCUT2D eigenvalue weighted by Gasteiger charge is 2.13. The molecule has 0 amide bonds. The lowest BCUT2D eigenvalue weighted by molar-refractivity contribution is 0.181. The van der Waals surface area contributed by atoms with Gasteiger partial charge in [-0.2, -0.15) is 0 Å². The van der Waals surface area contributed by atoms with E-state index in [1.165, 1.54) is 11.3 Å². The zero-order chi connectivity index (χ0) is 12.4. The number of hydrogen-bond donors (Lipinski definition) is 1. The van der Waals surface area contributed by atoms with Gasteiger partial charge in [0, 0.05) is 7.11 Å². The zero-order valence-electron chi connectivity index (χ0n) is 8.78. The topological polar surface area (TPSA) is 73.9 Å². The first-order valence-electron chi connectivity index (χ1n) is 4.54. The lowest BCUT2D eigenvalue weighted by atomic mass is 10.4. The maximum absolute atomic E-state index is 5.82. The van der Waals surface area contributed by atoms with Crippen LogP contribution in [0.1, 0.15) is 5.69 Å². The second-order valence-electron chi connectivity index (χ2n) is 3.10. The average Bonchev–Trinajstić information content (AvgIpc) is 2.71.